The Hall–Kier alpha value is -2.05. The SMILES string of the molecule is CCCC(=O)N[C@@H](C)[C@@H](c1cccs1)N1CCN(c2ccc(OC)cc2)CC1. The smallest absolute Gasteiger partial charge is 0.220 e. The van der Waals surface area contributed by atoms with E-state index in [9.17, 15) is 4.79 Å². The highest BCUT2D eigenvalue weighted by Gasteiger charge is 2.30. The molecular weight excluding hydrogens is 370 g/mol. The van der Waals surface area contributed by atoms with Crippen LogP contribution in [0.3, 0.4) is 0 Å². The van der Waals surface area contributed by atoms with Crippen LogP contribution in [0, 0.1) is 0 Å². The van der Waals surface area contributed by atoms with Crippen molar-refractivity contribution in [3.8, 4) is 5.75 Å². The van der Waals surface area contributed by atoms with E-state index in [1.54, 1.807) is 18.4 Å². The van der Waals surface area contributed by atoms with Crippen molar-refractivity contribution in [2.45, 2.75) is 38.8 Å². The highest BCUT2D eigenvalue weighted by atomic mass is 32.1. The molecule has 1 aromatic heterocycles. The van der Waals surface area contributed by atoms with Crippen LogP contribution in [0.25, 0.3) is 0 Å². The highest BCUT2D eigenvalue weighted by Crippen LogP contribution is 2.30. The maximum Gasteiger partial charge on any atom is 0.220 e. The fraction of sp³-hybridized carbons (Fsp3) is 0.500. The molecule has 0 saturated carbocycles. The van der Waals surface area contributed by atoms with Crippen molar-refractivity contribution >= 4 is 22.9 Å². The molecule has 5 nitrogen and oxygen atoms in total. The number of carbonyl (C=O) groups is 1. The van der Waals surface area contributed by atoms with Gasteiger partial charge in [0.1, 0.15) is 5.75 Å². The summed E-state index contributed by atoms with van der Waals surface area (Å²) >= 11 is 1.77. The molecule has 1 N–H and O–H groups in total. The van der Waals surface area contributed by atoms with Gasteiger partial charge in [0, 0.05) is 49.2 Å². The summed E-state index contributed by atoms with van der Waals surface area (Å²) in [7, 11) is 1.69. The monoisotopic (exact) mass is 401 g/mol. The van der Waals surface area contributed by atoms with Crippen LogP contribution in [0.5, 0.6) is 5.75 Å². The quantitative estimate of drug-likeness (QED) is 0.728. The van der Waals surface area contributed by atoms with E-state index in [4.69, 9.17) is 4.74 Å². The van der Waals surface area contributed by atoms with Crippen molar-refractivity contribution < 1.29 is 9.53 Å². The van der Waals surface area contributed by atoms with Crippen LogP contribution in [0.1, 0.15) is 37.6 Å². The van der Waals surface area contributed by atoms with Gasteiger partial charge in [-0.05, 0) is 49.1 Å². The molecule has 2 aromatic rings. The Morgan fingerprint density at radius 2 is 1.89 bits per heavy atom. The summed E-state index contributed by atoms with van der Waals surface area (Å²) in [6, 6.07) is 12.9. The third-order valence-electron chi connectivity index (χ3n) is 5.32. The van der Waals surface area contributed by atoms with Gasteiger partial charge in [-0.2, -0.15) is 0 Å². The van der Waals surface area contributed by atoms with Crippen LogP contribution in [0.2, 0.25) is 0 Å². The number of nitrogens with one attached hydrogen (secondary N) is 1. The molecule has 1 fully saturated rings. The molecule has 0 spiro atoms. The first kappa shape index (κ1) is 20.7. The molecule has 0 aliphatic carbocycles. The molecule has 6 heteroatoms. The minimum atomic E-state index is 0.0882. The molecule has 1 amide bonds. The predicted molar refractivity (Wildman–Crippen MR) is 116 cm³/mol. The number of carbonyl (C=O) groups excluding carboxylic acids is 1. The standard InChI is InChI=1S/C22H31N3O2S/c1-4-6-21(26)23-17(2)22(20-7-5-16-28-20)25-14-12-24(13-15-25)18-8-10-19(27-3)11-9-18/h5,7-11,16-17,22H,4,6,12-15H2,1-3H3,(H,23,26)/t17-,22-/m0/s1. The van der Waals surface area contributed by atoms with Gasteiger partial charge in [-0.15, -0.1) is 11.3 Å². The molecule has 0 bridgehead atoms. The summed E-state index contributed by atoms with van der Waals surface area (Å²) in [5, 5.41) is 5.34. The number of rotatable bonds is 8. The molecule has 1 aliphatic heterocycles. The van der Waals surface area contributed by atoms with Gasteiger partial charge >= 0.3 is 0 Å². The molecule has 28 heavy (non-hydrogen) atoms. The summed E-state index contributed by atoms with van der Waals surface area (Å²) in [4.78, 5) is 18.4. The van der Waals surface area contributed by atoms with Gasteiger partial charge in [-0.1, -0.05) is 13.0 Å². The Balaban J connectivity index is 1.66. The van der Waals surface area contributed by atoms with Crippen LogP contribution in [0.4, 0.5) is 5.69 Å². The van der Waals surface area contributed by atoms with E-state index in [2.05, 4.69) is 51.7 Å². The number of amides is 1. The third kappa shape index (κ3) is 5.06. The number of thiophene rings is 1. The number of nitrogens with zero attached hydrogens (tertiary/aromatic N) is 2. The minimum Gasteiger partial charge on any atom is -0.497 e. The minimum absolute atomic E-state index is 0.0882. The van der Waals surface area contributed by atoms with E-state index in [1.165, 1.54) is 10.6 Å². The van der Waals surface area contributed by atoms with Gasteiger partial charge in [-0.25, -0.2) is 0 Å². The zero-order chi connectivity index (χ0) is 19.9. The largest absolute Gasteiger partial charge is 0.497 e. The number of hydrogen-bond acceptors (Lipinski definition) is 5. The molecule has 1 aliphatic rings. The van der Waals surface area contributed by atoms with Crippen LogP contribution in [-0.4, -0.2) is 50.1 Å². The van der Waals surface area contributed by atoms with Crippen molar-refractivity contribution in [1.29, 1.82) is 0 Å². The lowest BCUT2D eigenvalue weighted by Crippen LogP contribution is -2.52. The Kier molecular flexibility index (Phi) is 7.34. The Labute approximate surface area is 172 Å². The summed E-state index contributed by atoms with van der Waals surface area (Å²) in [5.74, 6) is 1.03. The fourth-order valence-corrected chi connectivity index (χ4v) is 4.85. The highest BCUT2D eigenvalue weighted by molar-refractivity contribution is 7.10. The lowest BCUT2D eigenvalue weighted by molar-refractivity contribution is -0.122. The Bertz CT molecular complexity index is 725. The van der Waals surface area contributed by atoms with Crippen LogP contribution >= 0.6 is 11.3 Å². The number of piperazine rings is 1. The van der Waals surface area contributed by atoms with Crippen molar-refractivity contribution in [3.63, 3.8) is 0 Å². The lowest BCUT2D eigenvalue weighted by Gasteiger charge is -2.42. The van der Waals surface area contributed by atoms with Crippen molar-refractivity contribution in [2.75, 3.05) is 38.2 Å². The summed E-state index contributed by atoms with van der Waals surface area (Å²) in [6.45, 7) is 8.08. The molecule has 2 atom stereocenters. The number of ether oxygens (including phenoxy) is 1. The summed E-state index contributed by atoms with van der Waals surface area (Å²) in [5.41, 5.74) is 1.23. The van der Waals surface area contributed by atoms with Crippen molar-refractivity contribution in [3.05, 3.63) is 46.7 Å². The molecule has 3 rings (SSSR count). The number of benzene rings is 1. The number of anilines is 1. The topological polar surface area (TPSA) is 44.8 Å². The van der Waals surface area contributed by atoms with Crippen LogP contribution in [0.15, 0.2) is 41.8 Å². The van der Waals surface area contributed by atoms with Crippen molar-refractivity contribution in [1.82, 2.24) is 10.2 Å². The second-order valence-corrected chi connectivity index (χ2v) is 8.27. The average Bonchev–Trinajstić information content (AvgIpc) is 3.23. The predicted octanol–water partition coefficient (Wildman–Crippen LogP) is 3.92. The third-order valence-corrected chi connectivity index (χ3v) is 6.26. The molecule has 152 valence electrons. The molecular formula is C22H31N3O2S. The first-order chi connectivity index (χ1) is 13.6. The van der Waals surface area contributed by atoms with Gasteiger partial charge in [-0.3, -0.25) is 9.69 Å². The second-order valence-electron chi connectivity index (χ2n) is 7.29. The summed E-state index contributed by atoms with van der Waals surface area (Å²) in [6.07, 6.45) is 1.47. The van der Waals surface area contributed by atoms with E-state index in [-0.39, 0.29) is 18.0 Å². The van der Waals surface area contributed by atoms with E-state index in [1.807, 2.05) is 19.1 Å². The van der Waals surface area contributed by atoms with E-state index < -0.39 is 0 Å². The van der Waals surface area contributed by atoms with Gasteiger partial charge < -0.3 is 15.0 Å². The maximum absolute atomic E-state index is 12.2. The molecule has 1 aromatic carbocycles. The van der Waals surface area contributed by atoms with Gasteiger partial charge in [0.15, 0.2) is 0 Å². The van der Waals surface area contributed by atoms with Crippen LogP contribution in [-0.2, 0) is 4.79 Å². The molecule has 1 saturated heterocycles. The Morgan fingerprint density at radius 3 is 2.46 bits per heavy atom. The zero-order valence-corrected chi connectivity index (χ0v) is 17.9. The average molecular weight is 402 g/mol. The number of hydrogen-bond donors (Lipinski definition) is 1. The lowest BCUT2D eigenvalue weighted by atomic mass is 10.0. The first-order valence-electron chi connectivity index (χ1n) is 10.1. The van der Waals surface area contributed by atoms with Crippen LogP contribution < -0.4 is 15.0 Å². The van der Waals surface area contributed by atoms with Gasteiger partial charge in [0.05, 0.1) is 13.2 Å². The fourth-order valence-electron chi connectivity index (χ4n) is 3.89. The molecule has 0 unspecified atom stereocenters. The normalized spacial score (nSPS) is 17.2. The van der Waals surface area contributed by atoms with E-state index in [0.29, 0.717) is 6.42 Å². The number of methoxy groups -OCH3 is 1. The van der Waals surface area contributed by atoms with Gasteiger partial charge in [0.25, 0.3) is 0 Å². The Morgan fingerprint density at radius 1 is 1.18 bits per heavy atom. The second kappa shape index (κ2) is 9.94. The van der Waals surface area contributed by atoms with Crippen molar-refractivity contribution in [2.24, 2.45) is 0 Å². The summed E-state index contributed by atoms with van der Waals surface area (Å²) < 4.78 is 5.26. The van der Waals surface area contributed by atoms with E-state index in [0.717, 1.165) is 38.3 Å². The zero-order valence-electron chi connectivity index (χ0n) is 17.1. The maximum atomic E-state index is 12.2. The van der Waals surface area contributed by atoms with Gasteiger partial charge in [0.2, 0.25) is 5.91 Å². The first-order valence-corrected chi connectivity index (χ1v) is 11.0. The molecule has 2 heterocycles. The molecule has 0 radical (unpaired) electrons. The van der Waals surface area contributed by atoms with E-state index >= 15 is 0 Å².